The molecule has 0 saturated carbocycles. The fourth-order valence-electron chi connectivity index (χ4n) is 1.46. The Morgan fingerprint density at radius 2 is 2.11 bits per heavy atom. The number of rotatable bonds is 3. The molecule has 94 valence electrons. The van der Waals surface area contributed by atoms with E-state index in [0.29, 0.717) is 16.3 Å². The molecule has 0 saturated heterocycles. The first-order chi connectivity index (χ1) is 8.56. The average molecular weight is 267 g/mol. The van der Waals surface area contributed by atoms with Crippen LogP contribution in [0, 0.1) is 5.82 Å². The molecule has 2 rings (SSSR count). The minimum atomic E-state index is -0.468. The highest BCUT2D eigenvalue weighted by molar-refractivity contribution is 6.30. The number of nitrogens with zero attached hydrogens (tertiary/aromatic N) is 1. The number of pyridine rings is 1. The van der Waals surface area contributed by atoms with E-state index in [4.69, 9.17) is 22.1 Å². The molecule has 2 aromatic rings. The van der Waals surface area contributed by atoms with Gasteiger partial charge in [-0.2, -0.15) is 0 Å². The summed E-state index contributed by atoms with van der Waals surface area (Å²) in [6, 6.07) is 5.96. The fraction of sp³-hybridized carbons (Fsp3) is 0.154. The highest BCUT2D eigenvalue weighted by atomic mass is 35.5. The lowest BCUT2D eigenvalue weighted by Gasteiger charge is -2.10. The average Bonchev–Trinajstić information content (AvgIpc) is 2.31. The molecule has 1 heterocycles. The molecule has 0 aliphatic heterocycles. The molecule has 0 aliphatic rings. The van der Waals surface area contributed by atoms with Gasteiger partial charge in [0.2, 0.25) is 0 Å². The molecule has 2 N–H and O–H groups in total. The zero-order valence-corrected chi connectivity index (χ0v) is 10.5. The molecule has 0 radical (unpaired) electrons. The van der Waals surface area contributed by atoms with Crippen LogP contribution in [0.5, 0.6) is 11.5 Å². The summed E-state index contributed by atoms with van der Waals surface area (Å²) in [4.78, 5) is 3.86. The molecule has 1 atom stereocenters. The van der Waals surface area contributed by atoms with Gasteiger partial charge >= 0.3 is 0 Å². The van der Waals surface area contributed by atoms with Crippen LogP contribution in [-0.2, 0) is 0 Å². The lowest BCUT2D eigenvalue weighted by atomic mass is 10.1. The van der Waals surface area contributed by atoms with Crippen molar-refractivity contribution >= 4 is 11.6 Å². The third-order valence-electron chi connectivity index (χ3n) is 2.39. The van der Waals surface area contributed by atoms with Crippen molar-refractivity contribution in [3.63, 3.8) is 0 Å². The Labute approximate surface area is 109 Å². The molecule has 18 heavy (non-hydrogen) atoms. The van der Waals surface area contributed by atoms with Gasteiger partial charge in [0.1, 0.15) is 5.75 Å². The first-order valence-corrected chi connectivity index (χ1v) is 5.77. The molecule has 0 amide bonds. The van der Waals surface area contributed by atoms with Crippen LogP contribution in [0.4, 0.5) is 4.39 Å². The Morgan fingerprint density at radius 1 is 1.33 bits per heavy atom. The fourth-order valence-corrected chi connectivity index (χ4v) is 1.62. The summed E-state index contributed by atoms with van der Waals surface area (Å²) in [6.07, 6.45) is 2.94. The number of aromatic nitrogens is 1. The van der Waals surface area contributed by atoms with Crippen molar-refractivity contribution in [3.05, 3.63) is 53.1 Å². The Bertz CT molecular complexity index is 560. The lowest BCUT2D eigenvalue weighted by Crippen LogP contribution is -2.05. The molecule has 1 aromatic heterocycles. The van der Waals surface area contributed by atoms with Crippen molar-refractivity contribution in [2.45, 2.75) is 13.0 Å². The van der Waals surface area contributed by atoms with Crippen LogP contribution in [0.15, 0.2) is 36.7 Å². The maximum Gasteiger partial charge on any atom is 0.166 e. The topological polar surface area (TPSA) is 48.1 Å². The lowest BCUT2D eigenvalue weighted by molar-refractivity contribution is 0.439. The molecule has 0 bridgehead atoms. The van der Waals surface area contributed by atoms with Crippen molar-refractivity contribution in [1.29, 1.82) is 0 Å². The predicted molar refractivity (Wildman–Crippen MR) is 68.3 cm³/mol. The van der Waals surface area contributed by atoms with E-state index in [9.17, 15) is 4.39 Å². The van der Waals surface area contributed by atoms with Gasteiger partial charge in [0.15, 0.2) is 11.6 Å². The summed E-state index contributed by atoms with van der Waals surface area (Å²) in [7, 11) is 0. The van der Waals surface area contributed by atoms with E-state index in [1.807, 2.05) is 0 Å². The number of ether oxygens (including phenoxy) is 1. The standard InChI is InChI=1S/C13H12ClFN2O/c1-8(16)9-2-3-13(12(15)4-9)18-11-5-10(14)6-17-7-11/h2-8H,16H2,1H3. The van der Waals surface area contributed by atoms with Gasteiger partial charge in [0.05, 0.1) is 11.2 Å². The quantitative estimate of drug-likeness (QED) is 0.922. The molecular formula is C13H12ClFN2O. The highest BCUT2D eigenvalue weighted by Crippen LogP contribution is 2.27. The van der Waals surface area contributed by atoms with Crippen LogP contribution < -0.4 is 10.5 Å². The van der Waals surface area contributed by atoms with E-state index in [2.05, 4.69) is 4.98 Å². The van der Waals surface area contributed by atoms with Crippen molar-refractivity contribution < 1.29 is 9.13 Å². The number of benzene rings is 1. The van der Waals surface area contributed by atoms with Crippen molar-refractivity contribution in [3.8, 4) is 11.5 Å². The first kappa shape index (κ1) is 12.8. The molecule has 0 fully saturated rings. The predicted octanol–water partition coefficient (Wildman–Crippen LogP) is 3.69. The molecule has 5 heteroatoms. The summed E-state index contributed by atoms with van der Waals surface area (Å²) < 4.78 is 19.1. The molecule has 1 aromatic carbocycles. The first-order valence-electron chi connectivity index (χ1n) is 5.39. The van der Waals surface area contributed by atoms with E-state index in [1.54, 1.807) is 19.1 Å². The minimum absolute atomic E-state index is 0.114. The second-order valence-electron chi connectivity index (χ2n) is 3.92. The van der Waals surface area contributed by atoms with Gasteiger partial charge in [-0.15, -0.1) is 0 Å². The Hall–Kier alpha value is -1.65. The summed E-state index contributed by atoms with van der Waals surface area (Å²) >= 11 is 5.76. The van der Waals surface area contributed by atoms with Crippen LogP contribution >= 0.6 is 11.6 Å². The third-order valence-corrected chi connectivity index (χ3v) is 2.60. The van der Waals surface area contributed by atoms with E-state index < -0.39 is 5.82 Å². The Balaban J connectivity index is 2.24. The van der Waals surface area contributed by atoms with Gasteiger partial charge in [-0.1, -0.05) is 17.7 Å². The summed E-state index contributed by atoms with van der Waals surface area (Å²) in [5.74, 6) is 0.0307. The normalized spacial score (nSPS) is 12.2. The van der Waals surface area contributed by atoms with Gasteiger partial charge in [-0.3, -0.25) is 4.98 Å². The minimum Gasteiger partial charge on any atom is -0.453 e. The molecule has 3 nitrogen and oxygen atoms in total. The molecule has 1 unspecified atom stereocenters. The van der Waals surface area contributed by atoms with Crippen LogP contribution in [0.2, 0.25) is 5.02 Å². The number of halogens is 2. The molecular weight excluding hydrogens is 255 g/mol. The maximum atomic E-state index is 13.8. The molecule has 0 aliphatic carbocycles. The number of hydrogen-bond donors (Lipinski definition) is 1. The smallest absolute Gasteiger partial charge is 0.166 e. The van der Waals surface area contributed by atoms with E-state index in [0.717, 1.165) is 0 Å². The van der Waals surface area contributed by atoms with Gasteiger partial charge in [0, 0.05) is 18.3 Å². The third kappa shape index (κ3) is 2.97. The monoisotopic (exact) mass is 266 g/mol. The van der Waals surface area contributed by atoms with Crippen LogP contribution in [0.25, 0.3) is 0 Å². The maximum absolute atomic E-state index is 13.8. The van der Waals surface area contributed by atoms with E-state index in [-0.39, 0.29) is 11.8 Å². The largest absolute Gasteiger partial charge is 0.453 e. The van der Waals surface area contributed by atoms with E-state index >= 15 is 0 Å². The van der Waals surface area contributed by atoms with Gasteiger partial charge in [0.25, 0.3) is 0 Å². The van der Waals surface area contributed by atoms with Gasteiger partial charge in [-0.05, 0) is 24.6 Å². The van der Waals surface area contributed by atoms with Crippen LogP contribution in [0.3, 0.4) is 0 Å². The number of nitrogens with two attached hydrogens (primary N) is 1. The van der Waals surface area contributed by atoms with Gasteiger partial charge in [-0.25, -0.2) is 4.39 Å². The van der Waals surface area contributed by atoms with Crippen molar-refractivity contribution in [2.24, 2.45) is 5.73 Å². The van der Waals surface area contributed by atoms with Crippen molar-refractivity contribution in [2.75, 3.05) is 0 Å². The van der Waals surface area contributed by atoms with Gasteiger partial charge < -0.3 is 10.5 Å². The van der Waals surface area contributed by atoms with E-state index in [1.165, 1.54) is 24.5 Å². The second-order valence-corrected chi connectivity index (χ2v) is 4.36. The Kier molecular flexibility index (Phi) is 3.79. The van der Waals surface area contributed by atoms with Crippen LogP contribution in [-0.4, -0.2) is 4.98 Å². The highest BCUT2D eigenvalue weighted by Gasteiger charge is 2.08. The number of hydrogen-bond acceptors (Lipinski definition) is 3. The molecule has 0 spiro atoms. The Morgan fingerprint density at radius 3 is 2.72 bits per heavy atom. The second kappa shape index (κ2) is 5.33. The summed E-state index contributed by atoms with van der Waals surface area (Å²) in [5, 5.41) is 0.431. The summed E-state index contributed by atoms with van der Waals surface area (Å²) in [5.41, 5.74) is 6.38. The zero-order chi connectivity index (χ0) is 13.1. The van der Waals surface area contributed by atoms with Crippen molar-refractivity contribution in [1.82, 2.24) is 4.98 Å². The summed E-state index contributed by atoms with van der Waals surface area (Å²) in [6.45, 7) is 1.79. The van der Waals surface area contributed by atoms with Crippen LogP contribution in [0.1, 0.15) is 18.5 Å². The zero-order valence-electron chi connectivity index (χ0n) is 9.73. The SMILES string of the molecule is CC(N)c1ccc(Oc2cncc(Cl)c2)c(F)c1.